The lowest BCUT2D eigenvalue weighted by molar-refractivity contribution is 0.0780. The number of halogens is 1. The fraction of sp³-hybridized carbons (Fsp3) is 0.478. The largest absolute Gasteiger partial charge is 0.274 e. The lowest BCUT2D eigenvalue weighted by Crippen LogP contribution is -2.42. The van der Waals surface area contributed by atoms with E-state index < -0.39 is 15.8 Å². The molecule has 6 nitrogen and oxygen atoms in total. The third-order valence-corrected chi connectivity index (χ3v) is 8.13. The van der Waals surface area contributed by atoms with Crippen LogP contribution in [0.3, 0.4) is 0 Å². The average molecular weight is 446 g/mol. The maximum absolute atomic E-state index is 13.2. The smallest absolute Gasteiger partial charge is 0.243 e. The summed E-state index contributed by atoms with van der Waals surface area (Å²) in [5.74, 6) is -0.765. The minimum absolute atomic E-state index is 0.0333. The highest BCUT2D eigenvalue weighted by Crippen LogP contribution is 2.25. The second-order valence-corrected chi connectivity index (χ2v) is 10.3. The van der Waals surface area contributed by atoms with Gasteiger partial charge in [-0.05, 0) is 62.1 Å². The van der Waals surface area contributed by atoms with Crippen molar-refractivity contribution in [2.24, 2.45) is 10.9 Å². The van der Waals surface area contributed by atoms with Gasteiger partial charge in [-0.1, -0.05) is 25.3 Å². The SMILES string of the molecule is O=C(C1CCN(S(=O)(=O)c2ccc(F)cc2)CC1)n1ccccc1=NC1CCCCC1. The van der Waals surface area contributed by atoms with E-state index in [0.29, 0.717) is 18.3 Å². The number of hydrogen-bond acceptors (Lipinski definition) is 4. The molecule has 31 heavy (non-hydrogen) atoms. The van der Waals surface area contributed by atoms with E-state index in [2.05, 4.69) is 0 Å². The molecule has 4 rings (SSSR count). The van der Waals surface area contributed by atoms with Gasteiger partial charge in [0.2, 0.25) is 15.9 Å². The number of aromatic nitrogens is 1. The zero-order chi connectivity index (χ0) is 21.8. The number of piperidine rings is 1. The highest BCUT2D eigenvalue weighted by molar-refractivity contribution is 7.89. The van der Waals surface area contributed by atoms with Crippen LogP contribution in [0.5, 0.6) is 0 Å². The van der Waals surface area contributed by atoms with E-state index in [4.69, 9.17) is 4.99 Å². The van der Waals surface area contributed by atoms with Crippen molar-refractivity contribution >= 4 is 15.9 Å². The first-order chi connectivity index (χ1) is 14.9. The zero-order valence-electron chi connectivity index (χ0n) is 17.5. The quantitative estimate of drug-likeness (QED) is 0.722. The average Bonchev–Trinajstić information content (AvgIpc) is 2.80. The lowest BCUT2D eigenvalue weighted by Gasteiger charge is -2.30. The molecule has 2 aromatic rings. The molecule has 1 aliphatic carbocycles. The van der Waals surface area contributed by atoms with Gasteiger partial charge in [0.05, 0.1) is 10.9 Å². The van der Waals surface area contributed by atoms with Gasteiger partial charge in [-0.25, -0.2) is 12.8 Å². The number of sulfonamides is 1. The predicted octanol–water partition coefficient (Wildman–Crippen LogP) is 3.60. The number of benzene rings is 1. The van der Waals surface area contributed by atoms with Crippen molar-refractivity contribution in [3.05, 3.63) is 60.0 Å². The topological polar surface area (TPSA) is 71.7 Å². The van der Waals surface area contributed by atoms with E-state index >= 15 is 0 Å². The van der Waals surface area contributed by atoms with Gasteiger partial charge in [0.25, 0.3) is 0 Å². The molecule has 0 atom stereocenters. The molecule has 166 valence electrons. The second kappa shape index (κ2) is 9.44. The number of nitrogens with zero attached hydrogens (tertiary/aromatic N) is 3. The minimum Gasteiger partial charge on any atom is -0.274 e. The van der Waals surface area contributed by atoms with Crippen LogP contribution in [0.2, 0.25) is 0 Å². The predicted molar refractivity (Wildman–Crippen MR) is 115 cm³/mol. The van der Waals surface area contributed by atoms with E-state index in [-0.39, 0.29) is 35.9 Å². The molecule has 0 radical (unpaired) electrons. The van der Waals surface area contributed by atoms with Gasteiger partial charge in [0.15, 0.2) is 0 Å². The van der Waals surface area contributed by atoms with Crippen molar-refractivity contribution in [2.45, 2.75) is 55.9 Å². The molecule has 2 fully saturated rings. The van der Waals surface area contributed by atoms with Crippen LogP contribution in [-0.2, 0) is 10.0 Å². The molecular formula is C23H28FN3O3S. The summed E-state index contributed by atoms with van der Waals surface area (Å²) >= 11 is 0. The summed E-state index contributed by atoms with van der Waals surface area (Å²) in [7, 11) is -3.69. The summed E-state index contributed by atoms with van der Waals surface area (Å²) in [6, 6.07) is 10.7. The van der Waals surface area contributed by atoms with Gasteiger partial charge in [-0.3, -0.25) is 14.4 Å². The van der Waals surface area contributed by atoms with Crippen molar-refractivity contribution in [1.29, 1.82) is 0 Å². The fourth-order valence-electron chi connectivity index (χ4n) is 4.42. The van der Waals surface area contributed by atoms with E-state index in [9.17, 15) is 17.6 Å². The van der Waals surface area contributed by atoms with Crippen LogP contribution in [0.4, 0.5) is 4.39 Å². The molecule has 1 aromatic carbocycles. The summed E-state index contributed by atoms with van der Waals surface area (Å²) in [5, 5.41) is 0. The molecule has 2 heterocycles. The maximum Gasteiger partial charge on any atom is 0.243 e. The van der Waals surface area contributed by atoms with Gasteiger partial charge in [0.1, 0.15) is 11.3 Å². The van der Waals surface area contributed by atoms with Crippen molar-refractivity contribution in [1.82, 2.24) is 8.87 Å². The Balaban J connectivity index is 1.47. The number of rotatable bonds is 4. The molecule has 2 aliphatic rings. The number of hydrogen-bond donors (Lipinski definition) is 0. The second-order valence-electron chi connectivity index (χ2n) is 8.32. The normalized spacial score (nSPS) is 20.1. The number of pyridine rings is 1. The zero-order valence-corrected chi connectivity index (χ0v) is 18.3. The third kappa shape index (κ3) is 4.96. The van der Waals surface area contributed by atoms with Gasteiger partial charge in [-0.2, -0.15) is 4.31 Å². The van der Waals surface area contributed by atoms with Gasteiger partial charge in [0, 0.05) is 25.2 Å². The van der Waals surface area contributed by atoms with E-state index in [1.807, 2.05) is 18.2 Å². The van der Waals surface area contributed by atoms with Crippen LogP contribution in [-0.4, -0.2) is 42.3 Å². The number of carbonyl (C=O) groups is 1. The molecule has 1 aliphatic heterocycles. The molecule has 1 saturated carbocycles. The first-order valence-electron chi connectivity index (χ1n) is 11.0. The Bertz CT molecular complexity index is 1080. The molecular weight excluding hydrogens is 417 g/mol. The Morgan fingerprint density at radius 1 is 0.935 bits per heavy atom. The molecule has 0 unspecified atom stereocenters. The Morgan fingerprint density at radius 3 is 2.29 bits per heavy atom. The van der Waals surface area contributed by atoms with Gasteiger partial charge < -0.3 is 0 Å². The third-order valence-electron chi connectivity index (χ3n) is 6.22. The molecule has 0 N–H and O–H groups in total. The van der Waals surface area contributed by atoms with Gasteiger partial charge in [-0.15, -0.1) is 0 Å². The van der Waals surface area contributed by atoms with Crippen LogP contribution in [0.25, 0.3) is 0 Å². The van der Waals surface area contributed by atoms with Crippen molar-refractivity contribution in [2.75, 3.05) is 13.1 Å². The highest BCUT2D eigenvalue weighted by Gasteiger charge is 2.32. The Hall–Kier alpha value is -2.32. The lowest BCUT2D eigenvalue weighted by atomic mass is 9.96. The van der Waals surface area contributed by atoms with Gasteiger partial charge >= 0.3 is 0 Å². The monoisotopic (exact) mass is 445 g/mol. The number of carbonyl (C=O) groups excluding carboxylic acids is 1. The van der Waals surface area contributed by atoms with Crippen LogP contribution in [0.15, 0.2) is 58.5 Å². The van der Waals surface area contributed by atoms with Crippen LogP contribution < -0.4 is 5.49 Å². The molecule has 0 bridgehead atoms. The summed E-state index contributed by atoms with van der Waals surface area (Å²) in [6.45, 7) is 0.525. The molecule has 1 aromatic heterocycles. The first-order valence-corrected chi connectivity index (χ1v) is 12.4. The highest BCUT2D eigenvalue weighted by atomic mass is 32.2. The van der Waals surface area contributed by atoms with Crippen LogP contribution >= 0.6 is 0 Å². The molecule has 1 saturated heterocycles. The Labute approximate surface area is 182 Å². The minimum atomic E-state index is -3.69. The van der Waals surface area contributed by atoms with Crippen LogP contribution in [0, 0.1) is 11.7 Å². The van der Waals surface area contributed by atoms with E-state index in [1.54, 1.807) is 10.8 Å². The summed E-state index contributed by atoms with van der Waals surface area (Å²) in [4.78, 5) is 18.1. The van der Waals surface area contributed by atoms with Crippen molar-refractivity contribution in [3.63, 3.8) is 0 Å². The maximum atomic E-state index is 13.2. The van der Waals surface area contributed by atoms with Crippen molar-refractivity contribution in [3.8, 4) is 0 Å². The first kappa shape index (κ1) is 21.9. The van der Waals surface area contributed by atoms with Crippen molar-refractivity contribution < 1.29 is 17.6 Å². The van der Waals surface area contributed by atoms with E-state index in [1.165, 1.54) is 35.7 Å². The fourth-order valence-corrected chi connectivity index (χ4v) is 5.89. The molecule has 0 spiro atoms. The van der Waals surface area contributed by atoms with Crippen LogP contribution in [0.1, 0.15) is 49.7 Å². The Morgan fingerprint density at radius 2 is 1.61 bits per heavy atom. The summed E-state index contributed by atoms with van der Waals surface area (Å²) in [5.41, 5.74) is 0.681. The standard InChI is InChI=1S/C23H28FN3O3S/c24-19-9-11-21(12-10-19)31(29,30)26-16-13-18(14-17-26)23(28)27-15-5-4-8-22(27)25-20-6-2-1-3-7-20/h4-5,8-12,15,18,20H,1-3,6-7,13-14,16-17H2. The summed E-state index contributed by atoms with van der Waals surface area (Å²) < 4.78 is 41.8. The molecule has 8 heteroatoms. The molecule has 0 amide bonds. The Kier molecular flexibility index (Phi) is 6.67. The van der Waals surface area contributed by atoms with E-state index in [0.717, 1.165) is 25.0 Å². The summed E-state index contributed by atoms with van der Waals surface area (Å²) in [6.07, 6.45) is 8.37.